The number of nitrogens with zero attached hydrogens (tertiary/aromatic N) is 4. The lowest BCUT2D eigenvalue weighted by molar-refractivity contribution is -0.153. The third kappa shape index (κ3) is 4.33. The molecule has 1 N–H and O–H groups in total. The molecule has 0 aliphatic heterocycles. The molecule has 3 aromatic rings. The van der Waals surface area contributed by atoms with Gasteiger partial charge in [-0.1, -0.05) is 11.6 Å². The monoisotopic (exact) mass is 426 g/mol. The standard InChI is InChI=1S/C17H10ClF3N4O4/c1-8-14(16(26)27)24-13-2-9(4-22)12(6-25(8)13)29-15-11(3-10(18)5-23-15)28-7-17(19,20)21/h2-3,5-6H,7H2,1H3,(H,26,27). The summed E-state index contributed by atoms with van der Waals surface area (Å²) < 4.78 is 49.0. The summed E-state index contributed by atoms with van der Waals surface area (Å²) in [5, 5.41) is 18.6. The van der Waals surface area contributed by atoms with Crippen molar-refractivity contribution in [2.24, 2.45) is 0 Å². The number of alkyl halides is 3. The Labute approximate surface area is 165 Å². The zero-order valence-corrected chi connectivity index (χ0v) is 15.2. The number of ether oxygens (including phenoxy) is 2. The number of carboxylic acids is 1. The van der Waals surface area contributed by atoms with E-state index in [0.29, 0.717) is 0 Å². The van der Waals surface area contributed by atoms with Crippen molar-refractivity contribution in [1.29, 1.82) is 5.26 Å². The fraction of sp³-hybridized carbons (Fsp3) is 0.176. The van der Waals surface area contributed by atoms with Gasteiger partial charge in [-0.05, 0) is 6.92 Å². The first-order chi connectivity index (χ1) is 13.6. The number of imidazole rings is 1. The van der Waals surface area contributed by atoms with Crippen LogP contribution in [-0.2, 0) is 0 Å². The van der Waals surface area contributed by atoms with Crippen LogP contribution in [0.15, 0.2) is 24.5 Å². The number of halogens is 4. The molecule has 0 amide bonds. The number of pyridine rings is 2. The maximum Gasteiger partial charge on any atom is 0.422 e. The van der Waals surface area contributed by atoms with Crippen LogP contribution in [0, 0.1) is 18.3 Å². The molecule has 0 aromatic carbocycles. The third-order valence-electron chi connectivity index (χ3n) is 3.67. The zero-order chi connectivity index (χ0) is 21.3. The molecule has 0 aliphatic rings. The molecule has 12 heteroatoms. The van der Waals surface area contributed by atoms with Crippen molar-refractivity contribution in [3.8, 4) is 23.4 Å². The Kier molecular flexibility index (Phi) is 5.21. The highest BCUT2D eigenvalue weighted by Crippen LogP contribution is 2.34. The van der Waals surface area contributed by atoms with Crippen molar-refractivity contribution < 1.29 is 32.5 Å². The van der Waals surface area contributed by atoms with E-state index in [-0.39, 0.29) is 45.0 Å². The number of carbonyl (C=O) groups is 1. The summed E-state index contributed by atoms with van der Waals surface area (Å²) in [7, 11) is 0. The molecule has 3 heterocycles. The molecule has 0 atom stereocenters. The Hall–Kier alpha value is -3.52. The number of hydrogen-bond donors (Lipinski definition) is 1. The molecule has 0 unspecified atom stereocenters. The molecule has 150 valence electrons. The van der Waals surface area contributed by atoms with E-state index in [1.54, 1.807) is 0 Å². The van der Waals surface area contributed by atoms with E-state index in [0.717, 1.165) is 12.3 Å². The second-order valence-corrected chi connectivity index (χ2v) is 6.14. The second kappa shape index (κ2) is 7.48. The van der Waals surface area contributed by atoms with Gasteiger partial charge in [-0.3, -0.25) is 4.40 Å². The summed E-state index contributed by atoms with van der Waals surface area (Å²) in [5.74, 6) is -2.09. The maximum atomic E-state index is 12.5. The molecule has 3 rings (SSSR count). The molecule has 8 nitrogen and oxygen atoms in total. The van der Waals surface area contributed by atoms with Crippen molar-refractivity contribution in [1.82, 2.24) is 14.4 Å². The van der Waals surface area contributed by atoms with Gasteiger partial charge in [-0.25, -0.2) is 14.8 Å². The van der Waals surface area contributed by atoms with Gasteiger partial charge in [0.25, 0.3) is 5.88 Å². The largest absolute Gasteiger partial charge is 0.478 e. The predicted molar refractivity (Wildman–Crippen MR) is 92.5 cm³/mol. The van der Waals surface area contributed by atoms with Crippen LogP contribution < -0.4 is 9.47 Å². The van der Waals surface area contributed by atoms with Gasteiger partial charge in [0.2, 0.25) is 0 Å². The summed E-state index contributed by atoms with van der Waals surface area (Å²) in [5.41, 5.74) is 0.184. The van der Waals surface area contributed by atoms with E-state index >= 15 is 0 Å². The molecule has 0 bridgehead atoms. The van der Waals surface area contributed by atoms with Crippen LogP contribution in [0.5, 0.6) is 17.4 Å². The van der Waals surface area contributed by atoms with E-state index in [2.05, 4.69) is 9.97 Å². The zero-order valence-electron chi connectivity index (χ0n) is 14.5. The highest BCUT2D eigenvalue weighted by molar-refractivity contribution is 6.30. The first-order valence-electron chi connectivity index (χ1n) is 7.78. The average molecular weight is 427 g/mol. The number of hydrogen-bond acceptors (Lipinski definition) is 6. The average Bonchev–Trinajstić information content (AvgIpc) is 2.96. The highest BCUT2D eigenvalue weighted by atomic mass is 35.5. The van der Waals surface area contributed by atoms with Crippen LogP contribution >= 0.6 is 11.6 Å². The summed E-state index contributed by atoms with van der Waals surface area (Å²) in [4.78, 5) is 19.0. The lowest BCUT2D eigenvalue weighted by Crippen LogP contribution is -2.19. The fourth-order valence-electron chi connectivity index (χ4n) is 2.41. The van der Waals surface area contributed by atoms with Crippen LogP contribution in [0.4, 0.5) is 13.2 Å². The molecule has 0 radical (unpaired) electrons. The highest BCUT2D eigenvalue weighted by Gasteiger charge is 2.29. The fourth-order valence-corrected chi connectivity index (χ4v) is 2.56. The topological polar surface area (TPSA) is 110 Å². The van der Waals surface area contributed by atoms with E-state index in [1.165, 1.54) is 23.6 Å². The van der Waals surface area contributed by atoms with Crippen LogP contribution in [0.2, 0.25) is 5.02 Å². The molecule has 3 aromatic heterocycles. The molecular weight excluding hydrogens is 417 g/mol. The van der Waals surface area contributed by atoms with Gasteiger partial charge in [0.15, 0.2) is 23.8 Å². The summed E-state index contributed by atoms with van der Waals surface area (Å²) in [6.07, 6.45) is -2.18. The van der Waals surface area contributed by atoms with Crippen LogP contribution in [0.1, 0.15) is 21.7 Å². The number of aromatic nitrogens is 3. The third-order valence-corrected chi connectivity index (χ3v) is 3.88. The maximum absolute atomic E-state index is 12.5. The van der Waals surface area contributed by atoms with Crippen LogP contribution in [0.3, 0.4) is 0 Å². The molecule has 0 saturated carbocycles. The van der Waals surface area contributed by atoms with Crippen molar-refractivity contribution in [3.63, 3.8) is 0 Å². The van der Waals surface area contributed by atoms with Gasteiger partial charge in [0.05, 0.1) is 22.5 Å². The van der Waals surface area contributed by atoms with Gasteiger partial charge in [-0.2, -0.15) is 18.4 Å². The minimum Gasteiger partial charge on any atom is -0.478 e. The lowest BCUT2D eigenvalue weighted by atomic mass is 10.2. The Morgan fingerprint density at radius 3 is 2.72 bits per heavy atom. The van der Waals surface area contributed by atoms with E-state index in [4.69, 9.17) is 21.1 Å². The van der Waals surface area contributed by atoms with Crippen molar-refractivity contribution >= 4 is 23.2 Å². The molecule has 0 aliphatic carbocycles. The van der Waals surface area contributed by atoms with Gasteiger partial charge in [0, 0.05) is 18.3 Å². The minimum absolute atomic E-state index is 0.0158. The van der Waals surface area contributed by atoms with Crippen molar-refractivity contribution in [2.75, 3.05) is 6.61 Å². The van der Waals surface area contributed by atoms with E-state index < -0.39 is 18.8 Å². The number of carboxylic acid groups (broad SMARTS) is 1. The smallest absolute Gasteiger partial charge is 0.422 e. The number of aryl methyl sites for hydroxylation is 1. The van der Waals surface area contributed by atoms with Crippen LogP contribution in [0.25, 0.3) is 5.65 Å². The quantitative estimate of drug-likeness (QED) is 0.656. The van der Waals surface area contributed by atoms with Crippen LogP contribution in [-0.4, -0.2) is 38.2 Å². The number of nitriles is 1. The lowest BCUT2D eigenvalue weighted by Gasteiger charge is -2.14. The summed E-state index contributed by atoms with van der Waals surface area (Å²) in [6.45, 7) is -0.101. The Balaban J connectivity index is 2.05. The normalized spacial score (nSPS) is 11.3. The minimum atomic E-state index is -4.60. The van der Waals surface area contributed by atoms with E-state index in [9.17, 15) is 28.3 Å². The molecule has 0 spiro atoms. The van der Waals surface area contributed by atoms with Gasteiger partial charge < -0.3 is 14.6 Å². The Morgan fingerprint density at radius 1 is 1.38 bits per heavy atom. The molecule has 0 fully saturated rings. The summed E-state index contributed by atoms with van der Waals surface area (Å²) >= 11 is 5.76. The number of fused-ring (bicyclic) bond motifs is 1. The first kappa shape index (κ1) is 20.2. The molecule has 29 heavy (non-hydrogen) atoms. The first-order valence-corrected chi connectivity index (χ1v) is 8.16. The SMILES string of the molecule is Cc1c(C(=O)O)nc2cc(C#N)c(Oc3ncc(Cl)cc3OCC(F)(F)F)cn12. The van der Waals surface area contributed by atoms with Gasteiger partial charge >= 0.3 is 12.1 Å². The number of rotatable bonds is 5. The molecular formula is C17H10ClF3N4O4. The summed E-state index contributed by atoms with van der Waals surface area (Å²) in [6, 6.07) is 4.22. The Morgan fingerprint density at radius 2 is 2.10 bits per heavy atom. The Bertz CT molecular complexity index is 1150. The van der Waals surface area contributed by atoms with E-state index in [1.807, 2.05) is 6.07 Å². The predicted octanol–water partition coefficient (Wildman–Crippen LogP) is 3.99. The molecule has 0 saturated heterocycles. The van der Waals surface area contributed by atoms with Gasteiger partial charge in [0.1, 0.15) is 11.7 Å². The second-order valence-electron chi connectivity index (χ2n) is 5.71. The van der Waals surface area contributed by atoms with Crippen molar-refractivity contribution in [3.05, 3.63) is 46.5 Å². The number of aromatic carboxylic acids is 1. The van der Waals surface area contributed by atoms with Crippen molar-refractivity contribution in [2.45, 2.75) is 13.1 Å². The van der Waals surface area contributed by atoms with Gasteiger partial charge in [-0.15, -0.1) is 0 Å².